The Morgan fingerprint density at radius 1 is 1.39 bits per heavy atom. The highest BCUT2D eigenvalue weighted by molar-refractivity contribution is 6.22. The third kappa shape index (κ3) is 2.34. The molecule has 0 bridgehead atoms. The van der Waals surface area contributed by atoms with Gasteiger partial charge in [-0.1, -0.05) is 12.7 Å². The van der Waals surface area contributed by atoms with Crippen LogP contribution in [-0.4, -0.2) is 12.5 Å². The second-order valence-electron chi connectivity index (χ2n) is 3.94. The molecule has 1 N–H and O–H groups in total. The number of benzene rings is 1. The second-order valence-corrected chi connectivity index (χ2v) is 4.47. The van der Waals surface area contributed by atoms with E-state index in [-0.39, 0.29) is 11.1 Å². The fourth-order valence-corrected chi connectivity index (χ4v) is 1.91. The molecule has 1 aliphatic rings. The van der Waals surface area contributed by atoms with Crippen molar-refractivity contribution in [2.24, 2.45) is 0 Å². The lowest BCUT2D eigenvalue weighted by molar-refractivity contribution is 0.359. The van der Waals surface area contributed by atoms with E-state index in [0.717, 1.165) is 0 Å². The van der Waals surface area contributed by atoms with Crippen molar-refractivity contribution >= 4 is 17.3 Å². The maximum Gasteiger partial charge on any atom is 0.190 e. The SMILES string of the molecule is C=C1NC(c2cc(F)c(OC)c(F)c2)=CCC1Cl. The van der Waals surface area contributed by atoms with Gasteiger partial charge in [-0.2, -0.15) is 0 Å². The van der Waals surface area contributed by atoms with Crippen LogP contribution in [0.25, 0.3) is 5.70 Å². The molecule has 1 atom stereocenters. The van der Waals surface area contributed by atoms with Crippen LogP contribution in [0.15, 0.2) is 30.5 Å². The Morgan fingerprint density at radius 3 is 2.50 bits per heavy atom. The van der Waals surface area contributed by atoms with Crippen molar-refractivity contribution in [3.05, 3.63) is 47.7 Å². The van der Waals surface area contributed by atoms with Gasteiger partial charge in [0.15, 0.2) is 17.4 Å². The van der Waals surface area contributed by atoms with Crippen molar-refractivity contribution < 1.29 is 13.5 Å². The zero-order valence-corrected chi connectivity index (χ0v) is 10.5. The summed E-state index contributed by atoms with van der Waals surface area (Å²) in [6, 6.07) is 2.42. The molecule has 1 heterocycles. The average molecular weight is 272 g/mol. The van der Waals surface area contributed by atoms with Gasteiger partial charge in [0.2, 0.25) is 0 Å². The molecular weight excluding hydrogens is 260 g/mol. The summed E-state index contributed by atoms with van der Waals surface area (Å²) in [6.45, 7) is 3.75. The van der Waals surface area contributed by atoms with Crippen LogP contribution in [0.1, 0.15) is 12.0 Å². The number of alkyl halides is 1. The highest BCUT2D eigenvalue weighted by Gasteiger charge is 2.19. The standard InChI is InChI=1S/C13H12ClF2NO/c1-7-9(14)3-4-12(17-7)8-5-10(15)13(18-2)11(16)6-8/h4-6,9,17H,1,3H2,2H3. The minimum atomic E-state index is -0.742. The number of allylic oxidation sites excluding steroid dienone is 2. The van der Waals surface area contributed by atoms with Gasteiger partial charge in [-0.25, -0.2) is 8.78 Å². The maximum absolute atomic E-state index is 13.6. The minimum absolute atomic E-state index is 0.207. The Bertz CT molecular complexity index is 505. The summed E-state index contributed by atoms with van der Waals surface area (Å²) in [7, 11) is 1.22. The van der Waals surface area contributed by atoms with Crippen molar-refractivity contribution in [3.8, 4) is 5.75 Å². The molecule has 0 spiro atoms. The highest BCUT2D eigenvalue weighted by Crippen LogP contribution is 2.29. The normalized spacial score (nSPS) is 19.2. The molecule has 0 saturated carbocycles. The van der Waals surface area contributed by atoms with Crippen LogP contribution >= 0.6 is 11.6 Å². The van der Waals surface area contributed by atoms with Gasteiger partial charge in [0.05, 0.1) is 12.5 Å². The fraction of sp³-hybridized carbons (Fsp3) is 0.231. The Hall–Kier alpha value is -1.55. The first-order valence-corrected chi connectivity index (χ1v) is 5.80. The lowest BCUT2D eigenvalue weighted by atomic mass is 10.0. The highest BCUT2D eigenvalue weighted by atomic mass is 35.5. The van der Waals surface area contributed by atoms with E-state index in [0.29, 0.717) is 23.4 Å². The Labute approximate surface area is 109 Å². The molecule has 1 aliphatic heterocycles. The summed E-state index contributed by atoms with van der Waals surface area (Å²) in [5, 5.41) is 2.73. The predicted molar refractivity (Wildman–Crippen MR) is 67.4 cm³/mol. The van der Waals surface area contributed by atoms with E-state index in [2.05, 4.69) is 16.6 Å². The average Bonchev–Trinajstić information content (AvgIpc) is 2.32. The molecule has 0 aliphatic carbocycles. The molecule has 18 heavy (non-hydrogen) atoms. The van der Waals surface area contributed by atoms with E-state index in [4.69, 9.17) is 11.6 Å². The van der Waals surface area contributed by atoms with Gasteiger partial charge in [-0.3, -0.25) is 0 Å². The van der Waals surface area contributed by atoms with Gasteiger partial charge in [0.1, 0.15) is 0 Å². The number of hydrogen-bond acceptors (Lipinski definition) is 2. The largest absolute Gasteiger partial charge is 0.491 e. The predicted octanol–water partition coefficient (Wildman–Crippen LogP) is 3.43. The van der Waals surface area contributed by atoms with Crippen LogP contribution in [0.2, 0.25) is 0 Å². The van der Waals surface area contributed by atoms with Crippen LogP contribution in [0.4, 0.5) is 8.78 Å². The molecule has 0 radical (unpaired) electrons. The Balaban J connectivity index is 2.38. The van der Waals surface area contributed by atoms with Gasteiger partial charge < -0.3 is 10.1 Å². The number of methoxy groups -OCH3 is 1. The van der Waals surface area contributed by atoms with Crippen LogP contribution in [0.5, 0.6) is 5.75 Å². The summed E-state index contributed by atoms with van der Waals surface area (Å²) >= 11 is 5.96. The van der Waals surface area contributed by atoms with Crippen LogP contribution in [0.3, 0.4) is 0 Å². The van der Waals surface area contributed by atoms with E-state index in [1.54, 1.807) is 6.08 Å². The van der Waals surface area contributed by atoms with Crippen molar-refractivity contribution in [2.45, 2.75) is 11.8 Å². The Kier molecular flexibility index (Phi) is 3.57. The van der Waals surface area contributed by atoms with Crippen molar-refractivity contribution in [3.63, 3.8) is 0 Å². The molecule has 2 rings (SSSR count). The summed E-state index contributed by atoms with van der Waals surface area (Å²) < 4.78 is 31.8. The topological polar surface area (TPSA) is 21.3 Å². The molecule has 96 valence electrons. The van der Waals surface area contributed by atoms with Gasteiger partial charge in [0, 0.05) is 17.0 Å². The second kappa shape index (κ2) is 4.98. The Morgan fingerprint density at radius 2 is 2.00 bits per heavy atom. The number of hydrogen-bond donors (Lipinski definition) is 1. The number of rotatable bonds is 2. The number of nitrogens with one attached hydrogen (secondary N) is 1. The quantitative estimate of drug-likeness (QED) is 0.832. The lowest BCUT2D eigenvalue weighted by Gasteiger charge is -2.22. The van der Waals surface area contributed by atoms with Crippen LogP contribution in [0, 0.1) is 11.6 Å². The molecule has 0 amide bonds. The zero-order valence-electron chi connectivity index (χ0n) is 9.77. The van der Waals surface area contributed by atoms with Crippen LogP contribution < -0.4 is 10.1 Å². The summed E-state index contributed by atoms with van der Waals surface area (Å²) in [5.74, 6) is -1.87. The van der Waals surface area contributed by atoms with Crippen molar-refractivity contribution in [1.29, 1.82) is 0 Å². The van der Waals surface area contributed by atoms with E-state index in [1.165, 1.54) is 19.2 Å². The maximum atomic E-state index is 13.6. The van der Waals surface area contributed by atoms with E-state index < -0.39 is 11.6 Å². The molecule has 2 nitrogen and oxygen atoms in total. The third-order valence-corrected chi connectivity index (χ3v) is 3.16. The van der Waals surface area contributed by atoms with Crippen LogP contribution in [-0.2, 0) is 0 Å². The lowest BCUT2D eigenvalue weighted by Crippen LogP contribution is -2.23. The smallest absolute Gasteiger partial charge is 0.190 e. The van der Waals surface area contributed by atoms with Gasteiger partial charge in [0.25, 0.3) is 0 Å². The molecule has 5 heteroatoms. The summed E-state index contributed by atoms with van der Waals surface area (Å²) in [6.07, 6.45) is 2.35. The van der Waals surface area contributed by atoms with Gasteiger partial charge in [-0.05, 0) is 18.6 Å². The summed E-state index contributed by atoms with van der Waals surface area (Å²) in [5.41, 5.74) is 1.61. The molecule has 1 aromatic carbocycles. The number of ether oxygens (including phenoxy) is 1. The molecule has 0 fully saturated rings. The first-order chi connectivity index (χ1) is 8.52. The fourth-order valence-electron chi connectivity index (χ4n) is 1.77. The van der Waals surface area contributed by atoms with Gasteiger partial charge in [-0.15, -0.1) is 11.6 Å². The van der Waals surface area contributed by atoms with E-state index in [9.17, 15) is 8.78 Å². The molecule has 1 unspecified atom stereocenters. The molecular formula is C13H12ClF2NO. The van der Waals surface area contributed by atoms with Crippen molar-refractivity contribution in [1.82, 2.24) is 5.32 Å². The third-order valence-electron chi connectivity index (χ3n) is 2.72. The van der Waals surface area contributed by atoms with Crippen molar-refractivity contribution in [2.75, 3.05) is 7.11 Å². The minimum Gasteiger partial charge on any atom is -0.491 e. The first-order valence-electron chi connectivity index (χ1n) is 5.36. The molecule has 0 aromatic heterocycles. The van der Waals surface area contributed by atoms with Gasteiger partial charge >= 0.3 is 0 Å². The molecule has 0 saturated heterocycles. The first kappa shape index (κ1) is 12.9. The van der Waals surface area contributed by atoms with E-state index >= 15 is 0 Å². The van der Waals surface area contributed by atoms with E-state index in [1.807, 2.05) is 0 Å². The molecule has 1 aromatic rings. The monoisotopic (exact) mass is 271 g/mol. The number of halogens is 3. The zero-order chi connectivity index (χ0) is 13.3. The summed E-state index contributed by atoms with van der Waals surface area (Å²) in [4.78, 5) is 0.